The molecule has 1 amide bonds. The third-order valence-corrected chi connectivity index (χ3v) is 5.95. The number of fused-ring (bicyclic) bond motifs is 3. The summed E-state index contributed by atoms with van der Waals surface area (Å²) in [7, 11) is 2.06. The van der Waals surface area contributed by atoms with Gasteiger partial charge in [0.15, 0.2) is 5.65 Å². The van der Waals surface area contributed by atoms with Crippen LogP contribution in [0.25, 0.3) is 22.1 Å². The molecule has 0 saturated carbocycles. The van der Waals surface area contributed by atoms with Gasteiger partial charge in [0.25, 0.3) is 0 Å². The van der Waals surface area contributed by atoms with Crippen molar-refractivity contribution in [2.24, 2.45) is 0 Å². The molecule has 3 aromatic heterocycles. The molecule has 26 heavy (non-hydrogen) atoms. The molecule has 2 saturated heterocycles. The van der Waals surface area contributed by atoms with Crippen molar-refractivity contribution in [2.45, 2.75) is 37.8 Å². The van der Waals surface area contributed by atoms with Crippen LogP contribution in [-0.4, -0.2) is 73.4 Å². The predicted octanol–water partition coefficient (Wildman–Crippen LogP) is 1.57. The van der Waals surface area contributed by atoms with Crippen molar-refractivity contribution in [1.82, 2.24) is 34.8 Å². The maximum atomic E-state index is 12.8. The molecule has 1 N–H and O–H groups in total. The van der Waals surface area contributed by atoms with Crippen LogP contribution in [0.5, 0.6) is 0 Å². The van der Waals surface area contributed by atoms with Crippen molar-refractivity contribution >= 4 is 28.0 Å². The number of aromatic nitrogens is 5. The molecule has 0 unspecified atom stereocenters. The molecule has 0 aromatic carbocycles. The Morgan fingerprint density at radius 2 is 2.04 bits per heavy atom. The first-order valence-electron chi connectivity index (χ1n) is 9.37. The van der Waals surface area contributed by atoms with Gasteiger partial charge in [0.1, 0.15) is 5.52 Å². The summed E-state index contributed by atoms with van der Waals surface area (Å²) < 4.78 is 2.14. The minimum Gasteiger partial charge on any atom is -0.341 e. The number of amides is 1. The lowest BCUT2D eigenvalue weighted by molar-refractivity contribution is -0.136. The SMILES string of the molecule is CN1CCC[C@H]1C(=O)N1CCC(n2[nH]nc3cnc4nccc4c32)CC1. The molecule has 0 spiro atoms. The molecule has 5 heterocycles. The summed E-state index contributed by atoms with van der Waals surface area (Å²) in [6, 6.07) is 2.38. The predicted molar refractivity (Wildman–Crippen MR) is 97.7 cm³/mol. The standard InChI is InChI=1S/C18H23N7O/c1-23-8-2-3-15(23)18(26)24-9-5-12(6-10-24)25-16-13-4-7-19-17(13)20-11-14(16)21-22-25/h4,7,11-12,15,22H,2-3,5-6,8-10H2,1H3/t15-/m0/s1. The van der Waals surface area contributed by atoms with E-state index < -0.39 is 0 Å². The Kier molecular flexibility index (Phi) is 3.66. The summed E-state index contributed by atoms with van der Waals surface area (Å²) in [6.07, 6.45) is 7.53. The third kappa shape index (κ3) is 2.39. The van der Waals surface area contributed by atoms with Crippen LogP contribution >= 0.6 is 0 Å². The van der Waals surface area contributed by atoms with Crippen molar-refractivity contribution in [3.05, 3.63) is 18.5 Å². The van der Waals surface area contributed by atoms with Crippen molar-refractivity contribution < 1.29 is 4.79 Å². The molecule has 2 aliphatic heterocycles. The van der Waals surface area contributed by atoms with Crippen LogP contribution in [0.1, 0.15) is 31.7 Å². The quantitative estimate of drug-likeness (QED) is 0.756. The minimum absolute atomic E-state index is 0.0771. The van der Waals surface area contributed by atoms with Gasteiger partial charge in [-0.3, -0.25) is 14.4 Å². The largest absolute Gasteiger partial charge is 0.341 e. The molecule has 0 radical (unpaired) electrons. The van der Waals surface area contributed by atoms with E-state index in [1.54, 1.807) is 12.4 Å². The van der Waals surface area contributed by atoms with Gasteiger partial charge in [-0.1, -0.05) is 0 Å². The van der Waals surface area contributed by atoms with Gasteiger partial charge in [0, 0.05) is 24.7 Å². The van der Waals surface area contributed by atoms with Gasteiger partial charge in [-0.2, -0.15) is 5.10 Å². The van der Waals surface area contributed by atoms with Gasteiger partial charge in [0.05, 0.1) is 23.8 Å². The maximum absolute atomic E-state index is 12.8. The molecule has 3 aromatic rings. The highest BCUT2D eigenvalue weighted by Gasteiger charge is 2.33. The number of pyridine rings is 1. The van der Waals surface area contributed by atoms with E-state index in [-0.39, 0.29) is 6.04 Å². The molecule has 2 aliphatic rings. The summed E-state index contributed by atoms with van der Waals surface area (Å²) in [4.78, 5) is 25.7. The number of likely N-dealkylation sites (N-methyl/N-ethyl adjacent to an activating group) is 1. The molecular weight excluding hydrogens is 330 g/mol. The number of rotatable bonds is 2. The van der Waals surface area contributed by atoms with E-state index in [1.165, 1.54) is 0 Å². The number of carbonyl (C=O) groups is 1. The fourth-order valence-corrected chi connectivity index (χ4v) is 4.47. The second-order valence-electron chi connectivity index (χ2n) is 7.45. The van der Waals surface area contributed by atoms with Crippen LogP contribution in [0.4, 0.5) is 0 Å². The fraction of sp³-hybridized carbons (Fsp3) is 0.556. The lowest BCUT2D eigenvalue weighted by atomic mass is 10.0. The summed E-state index contributed by atoms with van der Waals surface area (Å²) in [6.45, 7) is 2.63. The number of hydrogen-bond donors (Lipinski definition) is 1. The Labute approximate surface area is 151 Å². The summed E-state index contributed by atoms with van der Waals surface area (Å²) in [5, 5.41) is 8.60. The van der Waals surface area contributed by atoms with E-state index in [4.69, 9.17) is 0 Å². The molecule has 1 atom stereocenters. The average Bonchev–Trinajstić information content (AvgIpc) is 3.39. The number of carbonyl (C=O) groups excluding carboxylic acids is 1. The molecule has 136 valence electrons. The van der Waals surface area contributed by atoms with E-state index in [1.807, 2.05) is 11.0 Å². The zero-order valence-corrected chi connectivity index (χ0v) is 14.9. The number of nitrogens with one attached hydrogen (secondary N) is 1. The molecule has 5 rings (SSSR count). The van der Waals surface area contributed by atoms with Gasteiger partial charge in [-0.15, -0.1) is 0 Å². The molecule has 8 heteroatoms. The van der Waals surface area contributed by atoms with Gasteiger partial charge >= 0.3 is 0 Å². The van der Waals surface area contributed by atoms with E-state index >= 15 is 0 Å². The first-order chi connectivity index (χ1) is 12.7. The van der Waals surface area contributed by atoms with Crippen LogP contribution in [0, 0.1) is 0 Å². The molecule has 0 bridgehead atoms. The average molecular weight is 353 g/mol. The highest BCUT2D eigenvalue weighted by Crippen LogP contribution is 2.29. The smallest absolute Gasteiger partial charge is 0.239 e. The van der Waals surface area contributed by atoms with E-state index in [0.29, 0.717) is 11.9 Å². The second kappa shape index (κ2) is 6.05. The van der Waals surface area contributed by atoms with Crippen LogP contribution in [0.3, 0.4) is 0 Å². The summed E-state index contributed by atoms with van der Waals surface area (Å²) in [5.41, 5.74) is 2.67. The van der Waals surface area contributed by atoms with Gasteiger partial charge in [-0.05, 0) is 45.3 Å². The number of piperidine rings is 1. The molecule has 0 aliphatic carbocycles. The van der Waals surface area contributed by atoms with Crippen molar-refractivity contribution in [3.8, 4) is 0 Å². The summed E-state index contributed by atoms with van der Waals surface area (Å²) in [5.74, 6) is 0.301. The van der Waals surface area contributed by atoms with E-state index in [2.05, 4.69) is 36.9 Å². The Morgan fingerprint density at radius 1 is 1.19 bits per heavy atom. The monoisotopic (exact) mass is 353 g/mol. The van der Waals surface area contributed by atoms with Gasteiger partial charge in [-0.25, -0.2) is 15.2 Å². The first-order valence-corrected chi connectivity index (χ1v) is 9.37. The lowest BCUT2D eigenvalue weighted by Crippen LogP contribution is -2.47. The van der Waals surface area contributed by atoms with E-state index in [9.17, 15) is 4.79 Å². The molecule has 2 fully saturated rings. The van der Waals surface area contributed by atoms with Gasteiger partial charge in [0.2, 0.25) is 5.91 Å². The molecule has 8 nitrogen and oxygen atoms in total. The highest BCUT2D eigenvalue weighted by molar-refractivity contribution is 6.00. The maximum Gasteiger partial charge on any atom is 0.239 e. The van der Waals surface area contributed by atoms with Crippen molar-refractivity contribution in [2.75, 3.05) is 26.7 Å². The molecular formula is C18H23N7O. The Hall–Kier alpha value is -2.48. The van der Waals surface area contributed by atoms with Crippen LogP contribution < -0.4 is 0 Å². The number of hydrogen-bond acceptors (Lipinski definition) is 5. The zero-order valence-electron chi connectivity index (χ0n) is 14.9. The van der Waals surface area contributed by atoms with Crippen molar-refractivity contribution in [1.29, 1.82) is 0 Å². The minimum atomic E-state index is 0.0771. The Bertz CT molecular complexity index is 953. The van der Waals surface area contributed by atoms with Crippen LogP contribution in [-0.2, 0) is 4.79 Å². The van der Waals surface area contributed by atoms with E-state index in [0.717, 1.165) is 67.4 Å². The van der Waals surface area contributed by atoms with Gasteiger partial charge < -0.3 is 4.90 Å². The Balaban J connectivity index is 1.36. The number of aromatic amines is 1. The zero-order chi connectivity index (χ0) is 17.7. The van der Waals surface area contributed by atoms with Crippen LogP contribution in [0.15, 0.2) is 18.5 Å². The highest BCUT2D eigenvalue weighted by atomic mass is 16.2. The second-order valence-corrected chi connectivity index (χ2v) is 7.45. The number of nitrogens with zero attached hydrogens (tertiary/aromatic N) is 6. The first kappa shape index (κ1) is 15.7. The lowest BCUT2D eigenvalue weighted by Gasteiger charge is -2.35. The van der Waals surface area contributed by atoms with Crippen LogP contribution in [0.2, 0.25) is 0 Å². The number of likely N-dealkylation sites (tertiary alicyclic amines) is 2. The topological polar surface area (TPSA) is 82.9 Å². The van der Waals surface area contributed by atoms with Crippen molar-refractivity contribution in [3.63, 3.8) is 0 Å². The Morgan fingerprint density at radius 3 is 2.81 bits per heavy atom. The number of H-pyrrole nitrogens is 1. The normalized spacial score (nSPS) is 22.7. The fourth-order valence-electron chi connectivity index (χ4n) is 4.47. The third-order valence-electron chi connectivity index (χ3n) is 5.95. The summed E-state index contributed by atoms with van der Waals surface area (Å²) >= 11 is 0.